The summed E-state index contributed by atoms with van der Waals surface area (Å²) in [5, 5.41) is 6.48. The van der Waals surface area contributed by atoms with Crippen molar-refractivity contribution in [3.63, 3.8) is 0 Å². The van der Waals surface area contributed by atoms with Crippen molar-refractivity contribution in [1.29, 1.82) is 0 Å². The van der Waals surface area contributed by atoms with E-state index in [0.717, 1.165) is 24.5 Å². The molecule has 1 aromatic rings. The van der Waals surface area contributed by atoms with Crippen LogP contribution in [0, 0.1) is 0 Å². The molecule has 108 valence electrons. The maximum atomic E-state index is 12.6. The van der Waals surface area contributed by atoms with Crippen molar-refractivity contribution in [3.8, 4) is 0 Å². The van der Waals surface area contributed by atoms with E-state index in [4.69, 9.17) is 5.73 Å². The normalized spacial score (nSPS) is 13.2. The van der Waals surface area contributed by atoms with Gasteiger partial charge in [-0.05, 0) is 26.0 Å². The smallest absolute Gasteiger partial charge is 0.256 e. The summed E-state index contributed by atoms with van der Waals surface area (Å²) in [7, 11) is 0. The molecule has 0 saturated heterocycles. The number of carbonyl (C=O) groups is 2. The molecule has 0 spiro atoms. The van der Waals surface area contributed by atoms with Gasteiger partial charge in [-0.25, -0.2) is 0 Å². The quantitative estimate of drug-likeness (QED) is 0.761. The summed E-state index contributed by atoms with van der Waals surface area (Å²) >= 11 is 0. The maximum absolute atomic E-state index is 12.6. The van der Waals surface area contributed by atoms with Crippen molar-refractivity contribution in [2.45, 2.75) is 19.9 Å². The van der Waals surface area contributed by atoms with Crippen LogP contribution in [0.1, 0.15) is 24.2 Å². The number of hydrogen-bond acceptors (Lipinski definition) is 4. The number of anilines is 2. The molecule has 4 N–H and O–H groups in total. The molecule has 1 aliphatic rings. The average Bonchev–Trinajstić information content (AvgIpc) is 2.43. The van der Waals surface area contributed by atoms with E-state index in [0.29, 0.717) is 5.56 Å². The number of carbonyl (C=O) groups excluding carboxylic acids is 2. The molecule has 20 heavy (non-hydrogen) atoms. The number of rotatable bonds is 4. The van der Waals surface area contributed by atoms with Crippen molar-refractivity contribution in [2.75, 3.05) is 30.3 Å². The van der Waals surface area contributed by atoms with Crippen molar-refractivity contribution in [2.24, 2.45) is 5.73 Å². The van der Waals surface area contributed by atoms with Crippen molar-refractivity contribution >= 4 is 23.2 Å². The SMILES string of the molecule is CC(C)N(CC(N)=O)C(=O)c1cccc2c1NCCN2. The van der Waals surface area contributed by atoms with Crippen molar-refractivity contribution in [3.05, 3.63) is 23.8 Å². The monoisotopic (exact) mass is 276 g/mol. The molecule has 1 aliphatic heterocycles. The third-order valence-electron chi connectivity index (χ3n) is 3.25. The fourth-order valence-electron chi connectivity index (χ4n) is 2.26. The lowest BCUT2D eigenvalue weighted by molar-refractivity contribution is -0.119. The minimum Gasteiger partial charge on any atom is -0.382 e. The second-order valence-electron chi connectivity index (χ2n) is 5.07. The zero-order valence-electron chi connectivity index (χ0n) is 11.8. The molecule has 1 aromatic carbocycles. The number of nitrogens with two attached hydrogens (primary N) is 1. The third-order valence-corrected chi connectivity index (χ3v) is 3.25. The van der Waals surface area contributed by atoms with Crippen LogP contribution in [-0.2, 0) is 4.79 Å². The maximum Gasteiger partial charge on any atom is 0.256 e. The molecule has 0 aromatic heterocycles. The van der Waals surface area contributed by atoms with Crippen molar-refractivity contribution in [1.82, 2.24) is 4.90 Å². The second kappa shape index (κ2) is 5.81. The van der Waals surface area contributed by atoms with Gasteiger partial charge < -0.3 is 21.3 Å². The van der Waals surface area contributed by atoms with Gasteiger partial charge in [-0.3, -0.25) is 9.59 Å². The summed E-state index contributed by atoms with van der Waals surface area (Å²) in [6.45, 7) is 5.23. The van der Waals surface area contributed by atoms with Crippen LogP contribution < -0.4 is 16.4 Å². The first kappa shape index (κ1) is 14.2. The lowest BCUT2D eigenvalue weighted by atomic mass is 10.1. The first-order chi connectivity index (χ1) is 9.50. The molecule has 1 heterocycles. The van der Waals surface area contributed by atoms with E-state index in [1.807, 2.05) is 26.0 Å². The number of fused-ring (bicyclic) bond motifs is 1. The van der Waals surface area contributed by atoms with Gasteiger partial charge in [0.15, 0.2) is 0 Å². The van der Waals surface area contributed by atoms with E-state index in [2.05, 4.69) is 10.6 Å². The first-order valence-electron chi connectivity index (χ1n) is 6.70. The molecule has 0 saturated carbocycles. The van der Waals surface area contributed by atoms with Gasteiger partial charge in [0.2, 0.25) is 5.91 Å². The van der Waals surface area contributed by atoms with Crippen LogP contribution in [0.4, 0.5) is 11.4 Å². The molecule has 0 atom stereocenters. The van der Waals surface area contributed by atoms with Gasteiger partial charge in [0, 0.05) is 19.1 Å². The number of hydrogen-bond donors (Lipinski definition) is 3. The number of amides is 2. The highest BCUT2D eigenvalue weighted by Gasteiger charge is 2.24. The van der Waals surface area contributed by atoms with Crippen LogP contribution >= 0.6 is 0 Å². The first-order valence-corrected chi connectivity index (χ1v) is 6.70. The molecule has 0 bridgehead atoms. The van der Waals surface area contributed by atoms with E-state index in [-0.39, 0.29) is 18.5 Å². The summed E-state index contributed by atoms with van der Waals surface area (Å²) < 4.78 is 0. The average molecular weight is 276 g/mol. The molecule has 0 aliphatic carbocycles. The Morgan fingerprint density at radius 2 is 2.00 bits per heavy atom. The van der Waals surface area contributed by atoms with Crippen LogP contribution in [0.25, 0.3) is 0 Å². The topological polar surface area (TPSA) is 87.5 Å². The molecule has 6 heteroatoms. The minimum absolute atomic E-state index is 0.0758. The molecule has 2 rings (SSSR count). The van der Waals surface area contributed by atoms with E-state index in [9.17, 15) is 9.59 Å². The summed E-state index contributed by atoms with van der Waals surface area (Å²) in [6, 6.07) is 5.42. The van der Waals surface area contributed by atoms with E-state index >= 15 is 0 Å². The predicted octanol–water partition coefficient (Wildman–Crippen LogP) is 0.860. The molecule has 0 fully saturated rings. The number of benzene rings is 1. The summed E-state index contributed by atoms with van der Waals surface area (Å²) in [4.78, 5) is 25.3. The summed E-state index contributed by atoms with van der Waals surface area (Å²) in [5.41, 5.74) is 7.48. The summed E-state index contributed by atoms with van der Waals surface area (Å²) in [6.07, 6.45) is 0. The van der Waals surface area contributed by atoms with Gasteiger partial charge >= 0.3 is 0 Å². The Morgan fingerprint density at radius 1 is 1.30 bits per heavy atom. The van der Waals surface area contributed by atoms with Crippen LogP contribution in [-0.4, -0.2) is 42.4 Å². The number of nitrogens with zero attached hydrogens (tertiary/aromatic N) is 1. The Labute approximate surface area is 118 Å². The largest absolute Gasteiger partial charge is 0.382 e. The Hall–Kier alpha value is -2.24. The number of para-hydroxylation sites is 1. The van der Waals surface area contributed by atoms with Gasteiger partial charge in [-0.1, -0.05) is 6.07 Å². The Bertz CT molecular complexity index is 528. The highest BCUT2D eigenvalue weighted by atomic mass is 16.2. The van der Waals surface area contributed by atoms with Crippen LogP contribution in [0.2, 0.25) is 0 Å². The molecular weight excluding hydrogens is 256 g/mol. The van der Waals surface area contributed by atoms with Gasteiger partial charge in [0.05, 0.1) is 23.5 Å². The Kier molecular flexibility index (Phi) is 4.12. The van der Waals surface area contributed by atoms with Gasteiger partial charge in [0.1, 0.15) is 0 Å². The Morgan fingerprint density at radius 3 is 2.65 bits per heavy atom. The van der Waals surface area contributed by atoms with Gasteiger partial charge in [-0.2, -0.15) is 0 Å². The van der Waals surface area contributed by atoms with Crippen LogP contribution in [0.3, 0.4) is 0 Å². The fraction of sp³-hybridized carbons (Fsp3) is 0.429. The van der Waals surface area contributed by atoms with Crippen LogP contribution in [0.5, 0.6) is 0 Å². The van der Waals surface area contributed by atoms with Crippen LogP contribution in [0.15, 0.2) is 18.2 Å². The standard InChI is InChI=1S/C14H20N4O2/c1-9(2)18(8-12(15)19)14(20)10-4-3-5-11-13(10)17-7-6-16-11/h3-5,9,16-17H,6-8H2,1-2H3,(H2,15,19). The third kappa shape index (κ3) is 2.84. The molecule has 6 nitrogen and oxygen atoms in total. The van der Waals surface area contributed by atoms with Gasteiger partial charge in [0.25, 0.3) is 5.91 Å². The van der Waals surface area contributed by atoms with E-state index in [1.165, 1.54) is 4.90 Å². The highest BCUT2D eigenvalue weighted by Crippen LogP contribution is 2.29. The van der Waals surface area contributed by atoms with E-state index in [1.54, 1.807) is 6.07 Å². The fourth-order valence-corrected chi connectivity index (χ4v) is 2.26. The highest BCUT2D eigenvalue weighted by molar-refractivity contribution is 6.04. The lowest BCUT2D eigenvalue weighted by Crippen LogP contribution is -2.43. The Balaban J connectivity index is 2.34. The second-order valence-corrected chi connectivity index (χ2v) is 5.07. The molecule has 0 radical (unpaired) electrons. The predicted molar refractivity (Wildman–Crippen MR) is 78.8 cm³/mol. The van der Waals surface area contributed by atoms with Gasteiger partial charge in [-0.15, -0.1) is 0 Å². The van der Waals surface area contributed by atoms with Crippen molar-refractivity contribution < 1.29 is 9.59 Å². The lowest BCUT2D eigenvalue weighted by Gasteiger charge is -2.28. The zero-order valence-corrected chi connectivity index (χ0v) is 11.8. The number of nitrogens with one attached hydrogen (secondary N) is 2. The molecule has 2 amide bonds. The number of primary amides is 1. The summed E-state index contributed by atoms with van der Waals surface area (Å²) in [5.74, 6) is -0.699. The molecular formula is C14H20N4O2. The zero-order chi connectivity index (χ0) is 14.7. The van der Waals surface area contributed by atoms with E-state index < -0.39 is 5.91 Å². The minimum atomic E-state index is -0.511. The molecule has 0 unspecified atom stereocenters.